The molecule has 0 bridgehead atoms. The highest BCUT2D eigenvalue weighted by Crippen LogP contribution is 2.49. The molecule has 0 heterocycles. The van der Waals surface area contributed by atoms with Crippen LogP contribution >= 0.6 is 12.4 Å². The molecule has 20 heavy (non-hydrogen) atoms. The first-order valence-corrected chi connectivity index (χ1v) is 6.43. The van der Waals surface area contributed by atoms with Gasteiger partial charge >= 0.3 is 0 Å². The van der Waals surface area contributed by atoms with Gasteiger partial charge in [0.15, 0.2) is 0 Å². The highest BCUT2D eigenvalue weighted by molar-refractivity contribution is 5.85. The van der Waals surface area contributed by atoms with E-state index in [1.54, 1.807) is 0 Å². The molecular weight excluding hydrogens is 286 g/mol. The summed E-state index contributed by atoms with van der Waals surface area (Å²) < 4.78 is 27.1. The molecule has 1 aliphatic rings. The minimum absolute atomic E-state index is 0. The molecule has 1 saturated carbocycles. The van der Waals surface area contributed by atoms with Crippen LogP contribution in [0.4, 0.5) is 8.78 Å². The molecule has 1 fully saturated rings. The molecule has 0 aromatic heterocycles. The van der Waals surface area contributed by atoms with Crippen molar-refractivity contribution in [1.82, 2.24) is 10.6 Å². The average Bonchev–Trinajstić information content (AvgIpc) is 3.15. The van der Waals surface area contributed by atoms with E-state index in [1.165, 1.54) is 18.2 Å². The number of nitrogens with one attached hydrogen (secondary N) is 2. The first-order chi connectivity index (χ1) is 9.04. The first-order valence-electron chi connectivity index (χ1n) is 6.43. The zero-order chi connectivity index (χ0) is 14.0. The van der Waals surface area contributed by atoms with Gasteiger partial charge < -0.3 is 10.6 Å². The SMILES string of the molecule is CNC(C)CNC(=O)C1CC1c1c(F)cccc1F.Cl. The Kier molecular flexibility index (Phi) is 5.89. The molecule has 1 aliphatic carbocycles. The molecule has 112 valence electrons. The van der Waals surface area contributed by atoms with E-state index in [2.05, 4.69) is 10.6 Å². The van der Waals surface area contributed by atoms with Crippen molar-refractivity contribution in [3.05, 3.63) is 35.4 Å². The lowest BCUT2D eigenvalue weighted by Crippen LogP contribution is -2.38. The Bertz CT molecular complexity index is 464. The second-order valence-corrected chi connectivity index (χ2v) is 5.02. The third-order valence-corrected chi connectivity index (χ3v) is 3.57. The van der Waals surface area contributed by atoms with Crippen LogP contribution in [0.15, 0.2) is 18.2 Å². The Morgan fingerprint density at radius 2 is 2.00 bits per heavy atom. The van der Waals surface area contributed by atoms with Gasteiger partial charge in [-0.15, -0.1) is 12.4 Å². The molecule has 0 radical (unpaired) electrons. The van der Waals surface area contributed by atoms with Gasteiger partial charge in [0, 0.05) is 30.0 Å². The van der Waals surface area contributed by atoms with Crippen LogP contribution in [0.3, 0.4) is 0 Å². The quantitative estimate of drug-likeness (QED) is 0.876. The Morgan fingerprint density at radius 3 is 2.55 bits per heavy atom. The standard InChI is InChI=1S/C14H18F2N2O.ClH/c1-8(17-2)7-18-14(19)10-6-9(10)13-11(15)4-3-5-12(13)16;/h3-5,8-10,17H,6-7H2,1-2H3,(H,18,19);1H. The number of hydrogen-bond acceptors (Lipinski definition) is 2. The summed E-state index contributed by atoms with van der Waals surface area (Å²) in [4.78, 5) is 11.8. The van der Waals surface area contributed by atoms with Gasteiger partial charge in [-0.2, -0.15) is 0 Å². The van der Waals surface area contributed by atoms with Crippen LogP contribution in [0, 0.1) is 17.6 Å². The van der Waals surface area contributed by atoms with Crippen molar-refractivity contribution in [2.24, 2.45) is 5.92 Å². The number of halogens is 3. The summed E-state index contributed by atoms with van der Waals surface area (Å²) in [5, 5.41) is 5.79. The van der Waals surface area contributed by atoms with Gasteiger partial charge in [0.25, 0.3) is 0 Å². The average molecular weight is 305 g/mol. The van der Waals surface area contributed by atoms with E-state index in [0.717, 1.165) is 0 Å². The number of likely N-dealkylation sites (N-methyl/N-ethyl adjacent to an activating group) is 1. The van der Waals surface area contributed by atoms with E-state index in [9.17, 15) is 13.6 Å². The van der Waals surface area contributed by atoms with Crippen LogP contribution in [0.1, 0.15) is 24.8 Å². The fraction of sp³-hybridized carbons (Fsp3) is 0.500. The molecule has 0 saturated heterocycles. The van der Waals surface area contributed by atoms with Gasteiger partial charge in [0.2, 0.25) is 5.91 Å². The Morgan fingerprint density at radius 1 is 1.40 bits per heavy atom. The molecule has 0 aliphatic heterocycles. The van der Waals surface area contributed by atoms with Crippen molar-refractivity contribution in [2.75, 3.05) is 13.6 Å². The van der Waals surface area contributed by atoms with Crippen molar-refractivity contribution in [3.63, 3.8) is 0 Å². The van der Waals surface area contributed by atoms with E-state index in [4.69, 9.17) is 0 Å². The number of amides is 1. The number of benzene rings is 1. The summed E-state index contributed by atoms with van der Waals surface area (Å²) in [6.45, 7) is 2.46. The molecule has 6 heteroatoms. The van der Waals surface area contributed by atoms with Gasteiger partial charge in [-0.05, 0) is 32.5 Å². The summed E-state index contributed by atoms with van der Waals surface area (Å²) in [6.07, 6.45) is 0.512. The monoisotopic (exact) mass is 304 g/mol. The van der Waals surface area contributed by atoms with Gasteiger partial charge in [-0.25, -0.2) is 8.78 Å². The van der Waals surface area contributed by atoms with Crippen LogP contribution in [0.25, 0.3) is 0 Å². The minimum Gasteiger partial charge on any atom is -0.354 e. The molecule has 3 nitrogen and oxygen atoms in total. The zero-order valence-corrected chi connectivity index (χ0v) is 12.3. The fourth-order valence-electron chi connectivity index (χ4n) is 2.16. The Labute approximate surface area is 123 Å². The van der Waals surface area contributed by atoms with Crippen molar-refractivity contribution < 1.29 is 13.6 Å². The van der Waals surface area contributed by atoms with E-state index < -0.39 is 11.6 Å². The van der Waals surface area contributed by atoms with Crippen LogP contribution in [-0.2, 0) is 4.79 Å². The number of carbonyl (C=O) groups is 1. The minimum atomic E-state index is -0.566. The van der Waals surface area contributed by atoms with Crippen LogP contribution in [-0.4, -0.2) is 25.5 Å². The molecule has 3 unspecified atom stereocenters. The Balaban J connectivity index is 0.00000200. The summed E-state index contributed by atoms with van der Waals surface area (Å²) in [7, 11) is 1.81. The van der Waals surface area contributed by atoms with Crippen molar-refractivity contribution in [2.45, 2.75) is 25.3 Å². The summed E-state index contributed by atoms with van der Waals surface area (Å²) in [5.74, 6) is -1.90. The third-order valence-electron chi connectivity index (χ3n) is 3.57. The maximum atomic E-state index is 13.6. The van der Waals surface area contributed by atoms with Crippen molar-refractivity contribution >= 4 is 18.3 Å². The van der Waals surface area contributed by atoms with E-state index >= 15 is 0 Å². The lowest BCUT2D eigenvalue weighted by atomic mass is 10.1. The lowest BCUT2D eigenvalue weighted by Gasteiger charge is -2.11. The molecule has 1 amide bonds. The molecule has 2 rings (SSSR count). The van der Waals surface area contributed by atoms with Crippen LogP contribution < -0.4 is 10.6 Å². The Hall–Kier alpha value is -1.20. The van der Waals surface area contributed by atoms with Gasteiger partial charge in [-0.1, -0.05) is 6.07 Å². The lowest BCUT2D eigenvalue weighted by molar-refractivity contribution is -0.122. The molecule has 1 aromatic carbocycles. The summed E-state index contributed by atoms with van der Waals surface area (Å²) >= 11 is 0. The predicted octanol–water partition coefficient (Wildman–Crippen LogP) is 2.21. The van der Waals surface area contributed by atoms with Gasteiger partial charge in [0.05, 0.1) is 0 Å². The number of carbonyl (C=O) groups excluding carboxylic acids is 1. The third kappa shape index (κ3) is 3.67. The maximum Gasteiger partial charge on any atom is 0.223 e. The highest BCUT2D eigenvalue weighted by Gasteiger charge is 2.46. The predicted molar refractivity (Wildman–Crippen MR) is 76.0 cm³/mol. The highest BCUT2D eigenvalue weighted by atomic mass is 35.5. The topological polar surface area (TPSA) is 41.1 Å². The second kappa shape index (κ2) is 6.99. The van der Waals surface area contributed by atoms with E-state index in [0.29, 0.717) is 13.0 Å². The first kappa shape index (κ1) is 16.9. The maximum absolute atomic E-state index is 13.6. The summed E-state index contributed by atoms with van der Waals surface area (Å²) in [6, 6.07) is 3.97. The summed E-state index contributed by atoms with van der Waals surface area (Å²) in [5.41, 5.74) is 0.0457. The van der Waals surface area contributed by atoms with Crippen LogP contribution in [0.2, 0.25) is 0 Å². The van der Waals surface area contributed by atoms with Crippen molar-refractivity contribution in [1.29, 1.82) is 0 Å². The molecular formula is C14H19ClF2N2O. The van der Waals surface area contributed by atoms with Gasteiger partial charge in [0.1, 0.15) is 11.6 Å². The smallest absolute Gasteiger partial charge is 0.223 e. The van der Waals surface area contributed by atoms with E-state index in [1.807, 2.05) is 14.0 Å². The zero-order valence-electron chi connectivity index (χ0n) is 11.5. The normalized spacial score (nSPS) is 21.8. The van der Waals surface area contributed by atoms with Crippen molar-refractivity contribution in [3.8, 4) is 0 Å². The molecule has 1 aromatic rings. The number of hydrogen-bond donors (Lipinski definition) is 2. The fourth-order valence-corrected chi connectivity index (χ4v) is 2.16. The number of rotatable bonds is 5. The second-order valence-electron chi connectivity index (χ2n) is 5.02. The van der Waals surface area contributed by atoms with Crippen LogP contribution in [0.5, 0.6) is 0 Å². The van der Waals surface area contributed by atoms with Gasteiger partial charge in [-0.3, -0.25) is 4.79 Å². The molecule has 0 spiro atoms. The molecule has 2 N–H and O–H groups in total. The van der Waals surface area contributed by atoms with E-state index in [-0.39, 0.29) is 41.8 Å². The largest absolute Gasteiger partial charge is 0.354 e. The molecule has 3 atom stereocenters.